The largest absolute Gasteiger partial charge is 0.454 e. The first-order valence-corrected chi connectivity index (χ1v) is 6.41. The Balaban J connectivity index is 2.24. The van der Waals surface area contributed by atoms with Gasteiger partial charge in [0, 0.05) is 5.02 Å². The average Bonchev–Trinajstić information content (AvgIpc) is 2.38. The monoisotopic (exact) mass is 279 g/mol. The number of benzene rings is 2. The van der Waals surface area contributed by atoms with Crippen LogP contribution in [-0.4, -0.2) is 6.54 Å². The van der Waals surface area contributed by atoms with E-state index in [0.29, 0.717) is 29.3 Å². The molecule has 0 saturated heterocycles. The lowest BCUT2D eigenvalue weighted by atomic mass is 10.1. The van der Waals surface area contributed by atoms with Gasteiger partial charge < -0.3 is 10.5 Å². The molecule has 0 aliphatic carbocycles. The van der Waals surface area contributed by atoms with Gasteiger partial charge in [-0.25, -0.2) is 4.39 Å². The van der Waals surface area contributed by atoms with Gasteiger partial charge in [-0.1, -0.05) is 29.8 Å². The molecule has 19 heavy (non-hydrogen) atoms. The summed E-state index contributed by atoms with van der Waals surface area (Å²) in [5, 5.41) is 0.580. The summed E-state index contributed by atoms with van der Waals surface area (Å²) < 4.78 is 19.3. The molecule has 0 bridgehead atoms. The molecule has 2 rings (SSSR count). The van der Waals surface area contributed by atoms with Crippen LogP contribution >= 0.6 is 11.6 Å². The van der Waals surface area contributed by atoms with E-state index >= 15 is 0 Å². The molecular weight excluding hydrogens is 265 g/mol. The van der Waals surface area contributed by atoms with E-state index in [0.717, 1.165) is 5.56 Å². The second kappa shape index (κ2) is 6.04. The van der Waals surface area contributed by atoms with Crippen molar-refractivity contribution in [1.29, 1.82) is 0 Å². The summed E-state index contributed by atoms with van der Waals surface area (Å²) in [6.45, 7) is 2.23. The Morgan fingerprint density at radius 1 is 1.26 bits per heavy atom. The van der Waals surface area contributed by atoms with Crippen molar-refractivity contribution in [2.75, 3.05) is 6.54 Å². The van der Waals surface area contributed by atoms with Gasteiger partial charge in [-0.2, -0.15) is 0 Å². The van der Waals surface area contributed by atoms with E-state index < -0.39 is 0 Å². The van der Waals surface area contributed by atoms with E-state index in [4.69, 9.17) is 22.1 Å². The Bertz CT molecular complexity index is 586. The van der Waals surface area contributed by atoms with Crippen LogP contribution in [0, 0.1) is 12.7 Å². The molecule has 4 heteroatoms. The Kier molecular flexibility index (Phi) is 4.40. The lowest BCUT2D eigenvalue weighted by Crippen LogP contribution is -2.03. The number of nitrogens with two attached hydrogens (primary N) is 1. The number of hydrogen-bond donors (Lipinski definition) is 1. The van der Waals surface area contributed by atoms with Crippen molar-refractivity contribution in [1.82, 2.24) is 0 Å². The molecule has 0 fully saturated rings. The van der Waals surface area contributed by atoms with E-state index in [2.05, 4.69) is 0 Å². The predicted octanol–water partition coefficient (Wildman–Crippen LogP) is 4.08. The molecule has 100 valence electrons. The minimum atomic E-state index is -0.357. The first kappa shape index (κ1) is 13.8. The highest BCUT2D eigenvalue weighted by atomic mass is 35.5. The van der Waals surface area contributed by atoms with Crippen LogP contribution in [0.5, 0.6) is 11.5 Å². The topological polar surface area (TPSA) is 35.2 Å². The summed E-state index contributed by atoms with van der Waals surface area (Å²) in [5.41, 5.74) is 6.99. The molecule has 0 saturated carbocycles. The average molecular weight is 280 g/mol. The second-order valence-corrected chi connectivity index (χ2v) is 4.69. The highest BCUT2D eigenvalue weighted by Gasteiger charge is 2.08. The molecule has 0 radical (unpaired) electrons. The Labute approximate surface area is 117 Å². The van der Waals surface area contributed by atoms with Gasteiger partial charge in [-0.3, -0.25) is 0 Å². The third-order valence-electron chi connectivity index (χ3n) is 2.82. The van der Waals surface area contributed by atoms with Gasteiger partial charge >= 0.3 is 0 Å². The van der Waals surface area contributed by atoms with Crippen LogP contribution in [0.15, 0.2) is 36.4 Å². The molecule has 0 aliphatic rings. The van der Waals surface area contributed by atoms with E-state index in [1.54, 1.807) is 37.3 Å². The molecule has 0 heterocycles. The predicted molar refractivity (Wildman–Crippen MR) is 75.4 cm³/mol. The van der Waals surface area contributed by atoms with Crippen LogP contribution in [0.4, 0.5) is 4.39 Å². The van der Waals surface area contributed by atoms with Crippen molar-refractivity contribution in [2.45, 2.75) is 13.3 Å². The van der Waals surface area contributed by atoms with Crippen molar-refractivity contribution in [3.05, 3.63) is 58.4 Å². The van der Waals surface area contributed by atoms with Gasteiger partial charge in [0.05, 0.1) is 0 Å². The van der Waals surface area contributed by atoms with E-state index in [1.807, 2.05) is 6.07 Å². The van der Waals surface area contributed by atoms with Crippen molar-refractivity contribution in [3.8, 4) is 11.5 Å². The van der Waals surface area contributed by atoms with E-state index in [1.165, 1.54) is 0 Å². The second-order valence-electron chi connectivity index (χ2n) is 4.28. The van der Waals surface area contributed by atoms with Gasteiger partial charge in [0.25, 0.3) is 0 Å². The van der Waals surface area contributed by atoms with Gasteiger partial charge in [-0.05, 0) is 49.2 Å². The summed E-state index contributed by atoms with van der Waals surface area (Å²) in [6, 6.07) is 10.3. The number of rotatable bonds is 4. The summed E-state index contributed by atoms with van der Waals surface area (Å²) in [4.78, 5) is 0. The fourth-order valence-electron chi connectivity index (χ4n) is 1.78. The van der Waals surface area contributed by atoms with Gasteiger partial charge in [0.2, 0.25) is 0 Å². The Morgan fingerprint density at radius 3 is 2.74 bits per heavy atom. The Morgan fingerprint density at radius 2 is 2.05 bits per heavy atom. The summed E-state index contributed by atoms with van der Waals surface area (Å²) in [6.07, 6.45) is 0.706. The van der Waals surface area contributed by atoms with Crippen LogP contribution < -0.4 is 10.5 Å². The molecule has 0 unspecified atom stereocenters. The lowest BCUT2D eigenvalue weighted by molar-refractivity contribution is 0.440. The third kappa shape index (κ3) is 3.25. The maximum absolute atomic E-state index is 13.8. The smallest absolute Gasteiger partial charge is 0.168 e. The first-order valence-electron chi connectivity index (χ1n) is 6.03. The SMILES string of the molecule is Cc1cccc(Oc2ccc(CCN)c(Cl)c2)c1F. The Hall–Kier alpha value is -1.58. The van der Waals surface area contributed by atoms with Crippen molar-refractivity contribution < 1.29 is 9.13 Å². The molecule has 0 amide bonds. The molecule has 2 nitrogen and oxygen atoms in total. The lowest BCUT2D eigenvalue weighted by Gasteiger charge is -2.10. The number of halogens is 2. The minimum absolute atomic E-state index is 0.197. The zero-order valence-corrected chi connectivity index (χ0v) is 11.4. The molecule has 0 atom stereocenters. The van der Waals surface area contributed by atoms with E-state index in [9.17, 15) is 4.39 Å². The molecular formula is C15H15ClFNO. The van der Waals surface area contributed by atoms with Crippen LogP contribution in [0.1, 0.15) is 11.1 Å². The van der Waals surface area contributed by atoms with Crippen LogP contribution in [0.3, 0.4) is 0 Å². The third-order valence-corrected chi connectivity index (χ3v) is 3.17. The van der Waals surface area contributed by atoms with Gasteiger partial charge in [-0.15, -0.1) is 0 Å². The van der Waals surface area contributed by atoms with Crippen molar-refractivity contribution in [2.24, 2.45) is 5.73 Å². The van der Waals surface area contributed by atoms with Gasteiger partial charge in [0.1, 0.15) is 5.75 Å². The number of hydrogen-bond acceptors (Lipinski definition) is 2. The zero-order valence-electron chi connectivity index (χ0n) is 10.6. The van der Waals surface area contributed by atoms with Crippen LogP contribution in [0.2, 0.25) is 5.02 Å². The maximum atomic E-state index is 13.8. The molecule has 2 aromatic carbocycles. The fourth-order valence-corrected chi connectivity index (χ4v) is 2.04. The van der Waals surface area contributed by atoms with Gasteiger partial charge in [0.15, 0.2) is 11.6 Å². The molecule has 0 aliphatic heterocycles. The summed E-state index contributed by atoms with van der Waals surface area (Å²) in [7, 11) is 0. The maximum Gasteiger partial charge on any atom is 0.168 e. The van der Waals surface area contributed by atoms with Crippen LogP contribution in [0.25, 0.3) is 0 Å². The normalized spacial score (nSPS) is 10.5. The van der Waals surface area contributed by atoms with Crippen molar-refractivity contribution in [3.63, 3.8) is 0 Å². The first-order chi connectivity index (χ1) is 9.11. The van der Waals surface area contributed by atoms with E-state index in [-0.39, 0.29) is 11.6 Å². The summed E-state index contributed by atoms with van der Waals surface area (Å²) in [5.74, 6) is 0.350. The fraction of sp³-hybridized carbons (Fsp3) is 0.200. The molecule has 0 aromatic heterocycles. The minimum Gasteiger partial charge on any atom is -0.454 e. The number of ether oxygens (including phenoxy) is 1. The molecule has 2 aromatic rings. The molecule has 0 spiro atoms. The summed E-state index contributed by atoms with van der Waals surface area (Å²) >= 11 is 6.12. The quantitative estimate of drug-likeness (QED) is 0.915. The van der Waals surface area contributed by atoms with Crippen LogP contribution in [-0.2, 0) is 6.42 Å². The van der Waals surface area contributed by atoms with Crippen molar-refractivity contribution >= 4 is 11.6 Å². The number of aryl methyl sites for hydroxylation is 1. The molecule has 2 N–H and O–H groups in total. The highest BCUT2D eigenvalue weighted by Crippen LogP contribution is 2.29. The zero-order chi connectivity index (χ0) is 13.8. The standard InChI is InChI=1S/C15H15ClFNO/c1-10-3-2-4-14(15(10)17)19-12-6-5-11(7-8-18)13(16)9-12/h2-6,9H,7-8,18H2,1H3. The highest BCUT2D eigenvalue weighted by molar-refractivity contribution is 6.31.